The third kappa shape index (κ3) is 8.30. The molecule has 2 fully saturated rings. The van der Waals surface area contributed by atoms with E-state index in [1.807, 2.05) is 87.7 Å². The number of nitrogens with zero attached hydrogens (tertiary/aromatic N) is 4. The van der Waals surface area contributed by atoms with Gasteiger partial charge < -0.3 is 39.9 Å². The van der Waals surface area contributed by atoms with Crippen LogP contribution in [0.4, 0.5) is 9.59 Å². The number of rotatable bonds is 8. The zero-order valence-electron chi connectivity index (χ0n) is 33.1. The van der Waals surface area contributed by atoms with Gasteiger partial charge in [0.1, 0.15) is 23.7 Å². The van der Waals surface area contributed by atoms with E-state index in [1.54, 1.807) is 0 Å². The summed E-state index contributed by atoms with van der Waals surface area (Å²) in [5, 5.41) is 5.41. The van der Waals surface area contributed by atoms with Gasteiger partial charge in [-0.15, -0.1) is 0 Å². The Labute approximate surface area is 326 Å². The molecule has 0 aliphatic carbocycles. The molecule has 4 N–H and O–H groups in total. The maximum absolute atomic E-state index is 13.7. The lowest BCUT2D eigenvalue weighted by Crippen LogP contribution is -2.52. The summed E-state index contributed by atoms with van der Waals surface area (Å²) < 4.78 is 9.54. The molecule has 4 amide bonds. The summed E-state index contributed by atoms with van der Waals surface area (Å²) in [6.07, 6.45) is 1.85. The highest BCUT2D eigenvalue weighted by Crippen LogP contribution is 2.38. The minimum atomic E-state index is -0.720. The van der Waals surface area contributed by atoms with E-state index in [2.05, 4.69) is 44.3 Å². The number of methoxy groups -OCH3 is 2. The third-order valence-corrected chi connectivity index (χ3v) is 10.7. The molecule has 0 spiro atoms. The highest BCUT2D eigenvalue weighted by molar-refractivity contribution is 5.88. The molecule has 2 saturated heterocycles. The Morgan fingerprint density at radius 1 is 0.679 bits per heavy atom. The van der Waals surface area contributed by atoms with Crippen molar-refractivity contribution in [2.75, 3.05) is 14.2 Å². The van der Waals surface area contributed by atoms with Gasteiger partial charge in [0.2, 0.25) is 11.8 Å². The van der Waals surface area contributed by atoms with Crippen LogP contribution in [0.3, 0.4) is 0 Å². The molecule has 6 rings (SSSR count). The summed E-state index contributed by atoms with van der Waals surface area (Å²) >= 11 is 0. The number of alkyl carbamates (subject to hydrolysis) is 2. The predicted octanol–water partition coefficient (Wildman–Crippen LogP) is 5.71. The quantitative estimate of drug-likeness (QED) is 0.165. The zero-order valence-corrected chi connectivity index (χ0v) is 33.1. The van der Waals surface area contributed by atoms with Crippen molar-refractivity contribution in [3.8, 4) is 23.7 Å². The second-order valence-corrected chi connectivity index (χ2v) is 15.3. The molecule has 2 aromatic heterocycles. The van der Waals surface area contributed by atoms with Crippen LogP contribution in [0.15, 0.2) is 36.4 Å². The highest BCUT2D eigenvalue weighted by Gasteiger charge is 2.42. The average molecular weight is 763 g/mol. The van der Waals surface area contributed by atoms with Crippen LogP contribution >= 0.6 is 0 Å². The number of aromatic nitrogens is 4. The number of H-pyrrole nitrogens is 2. The third-order valence-electron chi connectivity index (χ3n) is 10.7. The number of hydrogen-bond donors (Lipinski definition) is 4. The van der Waals surface area contributed by atoms with Crippen molar-refractivity contribution in [2.24, 2.45) is 11.8 Å². The number of imidazole rings is 2. The lowest BCUT2D eigenvalue weighted by molar-refractivity contribution is -0.138. The molecule has 0 saturated carbocycles. The molecule has 6 atom stereocenters. The molecule has 294 valence electrons. The molecule has 2 aromatic carbocycles. The molecule has 14 nitrogen and oxygen atoms in total. The lowest BCUT2D eigenvalue weighted by atomic mass is 10.0. The second kappa shape index (κ2) is 16.8. The van der Waals surface area contributed by atoms with Crippen molar-refractivity contribution < 1.29 is 28.7 Å². The van der Waals surface area contributed by atoms with Gasteiger partial charge in [-0.25, -0.2) is 19.6 Å². The van der Waals surface area contributed by atoms with Gasteiger partial charge in [0.05, 0.1) is 48.4 Å². The molecular formula is C42H50N8O6. The fraction of sp³-hybridized carbons (Fsp3) is 0.476. The van der Waals surface area contributed by atoms with E-state index in [-0.39, 0.29) is 47.8 Å². The van der Waals surface area contributed by atoms with E-state index < -0.39 is 24.3 Å². The van der Waals surface area contributed by atoms with E-state index in [4.69, 9.17) is 19.4 Å². The standard InChI is InChI=1S/C42H50N8O6/c1-23(2)35(47-41(53)55-7)39(51)49-25(5)13-19-33(49)37-43-29-17-15-27(21-31(29)45-37)11-9-10-12-28-16-18-30-32(22-28)46-38(44-30)34-20-14-26(6)50(34)40(52)36(24(3)4)48-42(54)56-8/h15-18,21-26,33-36H,13-14,19-20H2,1-8H3,(H,43,45)(H,44,46)(H,47,53)(H,48,54)/t25-,26-,33-,34-,35-,36-/m0/s1. The van der Waals surface area contributed by atoms with Crippen molar-refractivity contribution in [2.45, 2.75) is 103 Å². The van der Waals surface area contributed by atoms with E-state index in [9.17, 15) is 19.2 Å². The molecule has 4 aromatic rings. The Morgan fingerprint density at radius 2 is 1.07 bits per heavy atom. The summed E-state index contributed by atoms with van der Waals surface area (Å²) in [4.78, 5) is 71.7. The Hall–Kier alpha value is -6.02. The Bertz CT molecular complexity index is 2100. The maximum Gasteiger partial charge on any atom is 0.407 e. The van der Waals surface area contributed by atoms with Gasteiger partial charge in [-0.3, -0.25) is 9.59 Å². The van der Waals surface area contributed by atoms with E-state index in [1.165, 1.54) is 14.2 Å². The van der Waals surface area contributed by atoms with Crippen LogP contribution in [0.25, 0.3) is 22.1 Å². The number of hydrogen-bond acceptors (Lipinski definition) is 8. The molecular weight excluding hydrogens is 713 g/mol. The molecule has 2 aliphatic rings. The van der Waals surface area contributed by atoms with Crippen LogP contribution in [-0.4, -0.2) is 92.1 Å². The number of amides is 4. The first-order chi connectivity index (χ1) is 26.8. The van der Waals surface area contributed by atoms with Crippen molar-refractivity contribution in [1.29, 1.82) is 0 Å². The topological polar surface area (TPSA) is 175 Å². The summed E-state index contributed by atoms with van der Waals surface area (Å²) in [6, 6.07) is 9.44. The van der Waals surface area contributed by atoms with Crippen LogP contribution in [0, 0.1) is 35.5 Å². The minimum Gasteiger partial charge on any atom is -0.453 e. The van der Waals surface area contributed by atoms with Gasteiger partial charge >= 0.3 is 12.2 Å². The molecule has 2 aliphatic heterocycles. The van der Waals surface area contributed by atoms with Crippen LogP contribution in [-0.2, 0) is 19.1 Å². The number of carbonyl (C=O) groups excluding carboxylic acids is 4. The first-order valence-electron chi connectivity index (χ1n) is 19.1. The SMILES string of the molecule is COC(=O)N[C@H](C(=O)N1[C@@H](C)CC[C@H]1c1nc2cc(C#CC#Cc3ccc4[nH]c([C@@H]5CC[C@H](C)N5C(=O)[C@@H](NC(=O)OC)C(C)C)nc4c3)ccc2[nH]1)C(C)C. The Kier molecular flexibility index (Phi) is 11.9. The normalized spacial score (nSPS) is 20.3. The fourth-order valence-corrected chi connectivity index (χ4v) is 7.70. The lowest BCUT2D eigenvalue weighted by Gasteiger charge is -2.32. The van der Waals surface area contributed by atoms with Gasteiger partial charge in [0.25, 0.3) is 0 Å². The number of ether oxygens (including phenoxy) is 2. The summed E-state index contributed by atoms with van der Waals surface area (Å²) in [6.45, 7) is 11.6. The maximum atomic E-state index is 13.7. The molecule has 0 radical (unpaired) electrons. The number of likely N-dealkylation sites (tertiary alicyclic amines) is 2. The van der Waals surface area contributed by atoms with Gasteiger partial charge in [0, 0.05) is 23.2 Å². The summed E-state index contributed by atoms with van der Waals surface area (Å²) in [7, 11) is 2.57. The van der Waals surface area contributed by atoms with Crippen molar-refractivity contribution >= 4 is 46.1 Å². The second-order valence-electron chi connectivity index (χ2n) is 15.3. The van der Waals surface area contributed by atoms with E-state index >= 15 is 0 Å². The van der Waals surface area contributed by atoms with Gasteiger partial charge in [-0.05, 0) is 99.6 Å². The summed E-state index contributed by atoms with van der Waals surface area (Å²) in [5.74, 6) is 12.9. The predicted molar refractivity (Wildman–Crippen MR) is 211 cm³/mol. The smallest absolute Gasteiger partial charge is 0.407 e. The fourth-order valence-electron chi connectivity index (χ4n) is 7.70. The minimum absolute atomic E-state index is 0.0183. The van der Waals surface area contributed by atoms with Crippen molar-refractivity contribution in [3.05, 3.63) is 59.2 Å². The number of fused-ring (bicyclic) bond motifs is 2. The van der Waals surface area contributed by atoms with Crippen molar-refractivity contribution in [3.63, 3.8) is 0 Å². The molecule has 14 heteroatoms. The Morgan fingerprint density at radius 3 is 1.43 bits per heavy atom. The number of aromatic amines is 2. The first-order valence-corrected chi connectivity index (χ1v) is 19.1. The van der Waals surface area contributed by atoms with Crippen molar-refractivity contribution in [1.82, 2.24) is 40.4 Å². The van der Waals surface area contributed by atoms with E-state index in [0.717, 1.165) is 58.9 Å². The number of carbonyl (C=O) groups is 4. The Balaban J connectivity index is 1.16. The van der Waals surface area contributed by atoms with Gasteiger partial charge in [-0.1, -0.05) is 39.5 Å². The van der Waals surface area contributed by atoms with Crippen LogP contribution in [0.1, 0.15) is 102 Å². The zero-order chi connectivity index (χ0) is 40.3. The molecule has 0 bridgehead atoms. The number of nitrogens with one attached hydrogen (secondary N) is 4. The summed E-state index contributed by atoms with van der Waals surface area (Å²) in [5.41, 5.74) is 4.63. The van der Waals surface area contributed by atoms with E-state index in [0.29, 0.717) is 11.6 Å². The number of benzene rings is 2. The largest absolute Gasteiger partial charge is 0.453 e. The molecule has 0 unspecified atom stereocenters. The van der Waals surface area contributed by atoms with Gasteiger partial charge in [-0.2, -0.15) is 0 Å². The highest BCUT2D eigenvalue weighted by atomic mass is 16.5. The van der Waals surface area contributed by atoms with Crippen LogP contribution in [0.2, 0.25) is 0 Å². The first kappa shape index (κ1) is 39.7. The van der Waals surface area contributed by atoms with Gasteiger partial charge in [0.15, 0.2) is 0 Å². The van der Waals surface area contributed by atoms with Crippen LogP contribution < -0.4 is 10.6 Å². The monoisotopic (exact) mass is 762 g/mol. The molecule has 4 heterocycles. The molecule has 56 heavy (non-hydrogen) atoms. The van der Waals surface area contributed by atoms with Crippen LogP contribution in [0.5, 0.6) is 0 Å². The average Bonchev–Trinajstić information content (AvgIpc) is 3.97.